The Balaban J connectivity index is 1.89. The minimum absolute atomic E-state index is 0.256. The average Bonchev–Trinajstić information content (AvgIpc) is 2.67. The maximum atomic E-state index is 11.3. The standard InChI is InChI=1S/C15H13N7O2/c23-15(21-24)11-1-2-12(20-7-11)10-22(13-8-16-3-5-18-13)14-9-17-4-6-19-14/h1-9,24H,10H2,(H,21,23). The fourth-order valence-corrected chi connectivity index (χ4v) is 2.02. The Bertz CT molecular complexity index is 758. The van der Waals surface area contributed by atoms with E-state index in [-0.39, 0.29) is 5.56 Å². The molecule has 3 aromatic rings. The Labute approximate surface area is 137 Å². The first-order valence-electron chi connectivity index (χ1n) is 6.97. The first-order chi connectivity index (χ1) is 11.8. The van der Waals surface area contributed by atoms with Crippen molar-refractivity contribution in [2.45, 2.75) is 6.54 Å². The highest BCUT2D eigenvalue weighted by Crippen LogP contribution is 2.21. The van der Waals surface area contributed by atoms with Gasteiger partial charge in [0.1, 0.15) is 0 Å². The molecular weight excluding hydrogens is 310 g/mol. The van der Waals surface area contributed by atoms with Crippen LogP contribution in [0, 0.1) is 0 Å². The van der Waals surface area contributed by atoms with Crippen LogP contribution in [-0.4, -0.2) is 36.0 Å². The molecular formula is C15H13N7O2. The second-order valence-corrected chi connectivity index (χ2v) is 4.69. The lowest BCUT2D eigenvalue weighted by Crippen LogP contribution is -2.21. The molecule has 0 fully saturated rings. The van der Waals surface area contributed by atoms with E-state index >= 15 is 0 Å². The van der Waals surface area contributed by atoms with Crippen LogP contribution in [0.5, 0.6) is 0 Å². The summed E-state index contributed by atoms with van der Waals surface area (Å²) < 4.78 is 0. The number of nitrogens with zero attached hydrogens (tertiary/aromatic N) is 6. The summed E-state index contributed by atoms with van der Waals surface area (Å²) in [5.41, 5.74) is 2.50. The summed E-state index contributed by atoms with van der Waals surface area (Å²) in [5.74, 6) is 0.572. The van der Waals surface area contributed by atoms with Crippen LogP contribution in [-0.2, 0) is 6.54 Å². The van der Waals surface area contributed by atoms with Crippen molar-refractivity contribution in [2.24, 2.45) is 0 Å². The summed E-state index contributed by atoms with van der Waals surface area (Å²) in [6, 6.07) is 3.25. The van der Waals surface area contributed by atoms with Crippen LogP contribution in [0.2, 0.25) is 0 Å². The van der Waals surface area contributed by atoms with Crippen LogP contribution < -0.4 is 10.4 Å². The summed E-state index contributed by atoms with van der Waals surface area (Å²) in [5, 5.41) is 8.63. The monoisotopic (exact) mass is 323 g/mol. The number of hydroxylamine groups is 1. The molecule has 120 valence electrons. The summed E-state index contributed by atoms with van der Waals surface area (Å²) in [6.07, 6.45) is 10.9. The van der Waals surface area contributed by atoms with Gasteiger partial charge < -0.3 is 4.90 Å². The quantitative estimate of drug-likeness (QED) is 0.530. The molecule has 0 saturated heterocycles. The van der Waals surface area contributed by atoms with Gasteiger partial charge in [-0.15, -0.1) is 0 Å². The van der Waals surface area contributed by atoms with Crippen LogP contribution in [0.1, 0.15) is 16.1 Å². The molecule has 0 aliphatic carbocycles. The Morgan fingerprint density at radius 3 is 2.08 bits per heavy atom. The van der Waals surface area contributed by atoms with Crippen LogP contribution >= 0.6 is 0 Å². The van der Waals surface area contributed by atoms with E-state index in [9.17, 15) is 4.79 Å². The molecule has 0 radical (unpaired) electrons. The molecule has 0 spiro atoms. The lowest BCUT2D eigenvalue weighted by atomic mass is 10.2. The molecule has 9 heteroatoms. The molecule has 3 aromatic heterocycles. The number of carbonyl (C=O) groups excluding carboxylic acids is 1. The largest absolute Gasteiger partial charge is 0.302 e. The number of anilines is 2. The number of pyridine rings is 1. The van der Waals surface area contributed by atoms with Gasteiger partial charge in [-0.25, -0.2) is 15.4 Å². The molecule has 0 bridgehead atoms. The SMILES string of the molecule is O=C(NO)c1ccc(CN(c2cnccn2)c2cnccn2)nc1. The number of aromatic nitrogens is 5. The molecule has 3 heterocycles. The van der Waals surface area contributed by atoms with Crippen molar-refractivity contribution < 1.29 is 10.0 Å². The number of hydrogen-bond acceptors (Lipinski definition) is 8. The van der Waals surface area contributed by atoms with Gasteiger partial charge in [0.25, 0.3) is 5.91 Å². The van der Waals surface area contributed by atoms with Crippen molar-refractivity contribution in [3.05, 3.63) is 66.8 Å². The molecule has 0 saturated carbocycles. The van der Waals surface area contributed by atoms with E-state index in [1.807, 2.05) is 0 Å². The van der Waals surface area contributed by atoms with Crippen molar-refractivity contribution in [1.82, 2.24) is 30.4 Å². The molecule has 0 atom stereocenters. The van der Waals surface area contributed by atoms with E-state index in [1.165, 1.54) is 6.20 Å². The molecule has 9 nitrogen and oxygen atoms in total. The molecule has 0 aliphatic heterocycles. The third-order valence-corrected chi connectivity index (χ3v) is 3.16. The minimum Gasteiger partial charge on any atom is -0.302 e. The van der Waals surface area contributed by atoms with E-state index in [1.54, 1.807) is 59.7 Å². The van der Waals surface area contributed by atoms with E-state index in [0.29, 0.717) is 23.9 Å². The normalized spacial score (nSPS) is 10.2. The van der Waals surface area contributed by atoms with Gasteiger partial charge in [-0.1, -0.05) is 0 Å². The molecule has 1 amide bonds. The van der Waals surface area contributed by atoms with Gasteiger partial charge in [-0.05, 0) is 12.1 Å². The zero-order valence-corrected chi connectivity index (χ0v) is 12.4. The smallest absolute Gasteiger partial charge is 0.276 e. The van der Waals surface area contributed by atoms with Gasteiger partial charge in [-0.3, -0.25) is 25.0 Å². The lowest BCUT2D eigenvalue weighted by Gasteiger charge is -2.21. The predicted octanol–water partition coefficient (Wildman–Crippen LogP) is 1.12. The second-order valence-electron chi connectivity index (χ2n) is 4.69. The number of hydrogen-bond donors (Lipinski definition) is 2. The number of carbonyl (C=O) groups is 1. The van der Waals surface area contributed by atoms with Crippen molar-refractivity contribution >= 4 is 17.5 Å². The van der Waals surface area contributed by atoms with Crippen LogP contribution in [0.3, 0.4) is 0 Å². The third-order valence-electron chi connectivity index (χ3n) is 3.16. The predicted molar refractivity (Wildman–Crippen MR) is 83.4 cm³/mol. The molecule has 2 N–H and O–H groups in total. The first kappa shape index (κ1) is 15.4. The highest BCUT2D eigenvalue weighted by Gasteiger charge is 2.14. The fourth-order valence-electron chi connectivity index (χ4n) is 2.02. The van der Waals surface area contributed by atoms with Crippen LogP contribution in [0.25, 0.3) is 0 Å². The van der Waals surface area contributed by atoms with Crippen molar-refractivity contribution in [1.29, 1.82) is 0 Å². The molecule has 0 aromatic carbocycles. The lowest BCUT2D eigenvalue weighted by molar-refractivity contribution is 0.0706. The Morgan fingerprint density at radius 2 is 1.62 bits per heavy atom. The Hall–Kier alpha value is -3.46. The third kappa shape index (κ3) is 3.47. The first-order valence-corrected chi connectivity index (χ1v) is 6.97. The summed E-state index contributed by atoms with van der Waals surface area (Å²) in [6.45, 7) is 0.360. The highest BCUT2D eigenvalue weighted by atomic mass is 16.5. The average molecular weight is 323 g/mol. The maximum absolute atomic E-state index is 11.3. The minimum atomic E-state index is -0.617. The topological polar surface area (TPSA) is 117 Å². The highest BCUT2D eigenvalue weighted by molar-refractivity contribution is 5.92. The van der Waals surface area contributed by atoms with E-state index in [0.717, 1.165) is 0 Å². The van der Waals surface area contributed by atoms with Gasteiger partial charge in [-0.2, -0.15) is 0 Å². The van der Waals surface area contributed by atoms with Crippen molar-refractivity contribution in [2.75, 3.05) is 4.90 Å². The number of rotatable bonds is 5. The number of nitrogens with one attached hydrogen (secondary N) is 1. The summed E-state index contributed by atoms with van der Waals surface area (Å²) in [4.78, 5) is 34.1. The molecule has 0 aliphatic rings. The zero-order valence-electron chi connectivity index (χ0n) is 12.4. The fraction of sp³-hybridized carbons (Fsp3) is 0.0667. The second kappa shape index (κ2) is 7.20. The van der Waals surface area contributed by atoms with Gasteiger partial charge >= 0.3 is 0 Å². The maximum Gasteiger partial charge on any atom is 0.276 e. The molecule has 24 heavy (non-hydrogen) atoms. The molecule has 0 unspecified atom stereocenters. The van der Waals surface area contributed by atoms with Gasteiger partial charge in [0.2, 0.25) is 0 Å². The van der Waals surface area contributed by atoms with Crippen molar-refractivity contribution in [3.8, 4) is 0 Å². The van der Waals surface area contributed by atoms with E-state index in [2.05, 4.69) is 24.9 Å². The zero-order chi connectivity index (χ0) is 16.8. The summed E-state index contributed by atoms with van der Waals surface area (Å²) >= 11 is 0. The van der Waals surface area contributed by atoms with E-state index in [4.69, 9.17) is 5.21 Å². The van der Waals surface area contributed by atoms with Crippen LogP contribution in [0.4, 0.5) is 11.6 Å². The van der Waals surface area contributed by atoms with Crippen molar-refractivity contribution in [3.63, 3.8) is 0 Å². The van der Waals surface area contributed by atoms with Gasteiger partial charge in [0, 0.05) is 31.0 Å². The van der Waals surface area contributed by atoms with Crippen LogP contribution in [0.15, 0.2) is 55.5 Å². The Morgan fingerprint density at radius 1 is 0.958 bits per heavy atom. The molecule has 3 rings (SSSR count). The Kier molecular flexibility index (Phi) is 4.63. The number of amides is 1. The summed E-state index contributed by atoms with van der Waals surface area (Å²) in [7, 11) is 0. The van der Waals surface area contributed by atoms with Gasteiger partial charge in [0.15, 0.2) is 11.6 Å². The van der Waals surface area contributed by atoms with Gasteiger partial charge in [0.05, 0.1) is 30.2 Å². The van der Waals surface area contributed by atoms with E-state index < -0.39 is 5.91 Å².